The summed E-state index contributed by atoms with van der Waals surface area (Å²) in [6.45, 7) is 4.02. The van der Waals surface area contributed by atoms with Crippen molar-refractivity contribution in [1.29, 1.82) is 0 Å². The SMILES string of the molecule is COc1ccccc1C1=C(C)C(C)=C(c2ccccc2)C1=O. The molecule has 1 aliphatic rings. The van der Waals surface area contributed by atoms with E-state index in [0.29, 0.717) is 0 Å². The predicted octanol–water partition coefficient (Wildman–Crippen LogP) is 4.53. The predicted molar refractivity (Wildman–Crippen MR) is 89.6 cm³/mol. The molecule has 0 radical (unpaired) electrons. The van der Waals surface area contributed by atoms with Gasteiger partial charge in [0.05, 0.1) is 7.11 Å². The van der Waals surface area contributed by atoms with Gasteiger partial charge in [0.25, 0.3) is 0 Å². The van der Waals surface area contributed by atoms with Gasteiger partial charge in [-0.25, -0.2) is 0 Å². The molecule has 0 spiro atoms. The van der Waals surface area contributed by atoms with Crippen LogP contribution in [-0.2, 0) is 4.79 Å². The fourth-order valence-corrected chi connectivity index (χ4v) is 2.97. The van der Waals surface area contributed by atoms with E-state index in [9.17, 15) is 4.79 Å². The fraction of sp³-hybridized carbons (Fsp3) is 0.150. The Labute approximate surface area is 130 Å². The van der Waals surface area contributed by atoms with Crippen LogP contribution in [0.5, 0.6) is 5.75 Å². The molecule has 0 aliphatic heterocycles. The van der Waals surface area contributed by atoms with Crippen molar-refractivity contribution in [2.75, 3.05) is 7.11 Å². The summed E-state index contributed by atoms with van der Waals surface area (Å²) in [5.41, 5.74) is 5.42. The van der Waals surface area contributed by atoms with Gasteiger partial charge in [0.15, 0.2) is 5.78 Å². The molecule has 1 aliphatic carbocycles. The summed E-state index contributed by atoms with van der Waals surface area (Å²) in [5.74, 6) is 0.804. The molecule has 0 bridgehead atoms. The molecule has 0 fully saturated rings. The molecule has 0 saturated carbocycles. The van der Waals surface area contributed by atoms with E-state index >= 15 is 0 Å². The molecule has 2 nitrogen and oxygen atoms in total. The van der Waals surface area contributed by atoms with Crippen molar-refractivity contribution in [3.8, 4) is 5.75 Å². The fourth-order valence-electron chi connectivity index (χ4n) is 2.97. The largest absolute Gasteiger partial charge is 0.496 e. The number of hydrogen-bond donors (Lipinski definition) is 0. The highest BCUT2D eigenvalue weighted by Crippen LogP contribution is 2.42. The Kier molecular flexibility index (Phi) is 3.68. The number of methoxy groups -OCH3 is 1. The Morgan fingerprint density at radius 2 is 1.36 bits per heavy atom. The summed E-state index contributed by atoms with van der Waals surface area (Å²) in [6.07, 6.45) is 0. The molecule has 0 unspecified atom stereocenters. The zero-order chi connectivity index (χ0) is 15.7. The first kappa shape index (κ1) is 14.3. The summed E-state index contributed by atoms with van der Waals surface area (Å²) in [7, 11) is 1.63. The third-order valence-electron chi connectivity index (χ3n) is 4.21. The number of allylic oxidation sites excluding steroid dienone is 4. The van der Waals surface area contributed by atoms with Crippen LogP contribution in [0.2, 0.25) is 0 Å². The molecule has 3 rings (SSSR count). The van der Waals surface area contributed by atoms with E-state index in [1.807, 2.05) is 68.4 Å². The number of ketones is 1. The van der Waals surface area contributed by atoms with E-state index in [-0.39, 0.29) is 5.78 Å². The topological polar surface area (TPSA) is 26.3 Å². The maximum Gasteiger partial charge on any atom is 0.194 e. The van der Waals surface area contributed by atoms with Gasteiger partial charge >= 0.3 is 0 Å². The standard InChI is InChI=1S/C20H18O2/c1-13-14(2)19(16-11-7-8-12-17(16)22-3)20(21)18(13)15-9-5-4-6-10-15/h4-12H,1-3H3. The number of carbonyl (C=O) groups is 1. The van der Waals surface area contributed by atoms with Crippen LogP contribution >= 0.6 is 0 Å². The Morgan fingerprint density at radius 3 is 2.05 bits per heavy atom. The Morgan fingerprint density at radius 1 is 0.773 bits per heavy atom. The van der Waals surface area contributed by atoms with Gasteiger partial charge in [-0.15, -0.1) is 0 Å². The molecule has 22 heavy (non-hydrogen) atoms. The maximum atomic E-state index is 13.0. The molecule has 0 aromatic heterocycles. The number of ether oxygens (including phenoxy) is 1. The summed E-state index contributed by atoms with van der Waals surface area (Å²) >= 11 is 0. The number of Topliss-reactive ketones (excluding diaryl/α,β-unsaturated/α-hetero) is 1. The minimum Gasteiger partial charge on any atom is -0.496 e. The number of hydrogen-bond acceptors (Lipinski definition) is 2. The van der Waals surface area contributed by atoms with E-state index in [1.54, 1.807) is 7.11 Å². The second-order valence-electron chi connectivity index (χ2n) is 5.40. The highest BCUT2D eigenvalue weighted by molar-refractivity contribution is 6.47. The number of para-hydroxylation sites is 1. The summed E-state index contributed by atoms with van der Waals surface area (Å²) in [4.78, 5) is 13.0. The quantitative estimate of drug-likeness (QED) is 0.830. The monoisotopic (exact) mass is 290 g/mol. The molecule has 0 atom stereocenters. The first-order valence-corrected chi connectivity index (χ1v) is 7.30. The first-order chi connectivity index (χ1) is 10.6. The molecule has 0 saturated heterocycles. The van der Waals surface area contributed by atoms with Gasteiger partial charge in [-0.3, -0.25) is 4.79 Å². The summed E-state index contributed by atoms with van der Waals surface area (Å²) in [6, 6.07) is 17.5. The van der Waals surface area contributed by atoms with Gasteiger partial charge in [0, 0.05) is 16.7 Å². The maximum absolute atomic E-state index is 13.0. The molecule has 0 amide bonds. The Balaban J connectivity index is 2.13. The molecular weight excluding hydrogens is 272 g/mol. The highest BCUT2D eigenvalue weighted by Gasteiger charge is 2.30. The van der Waals surface area contributed by atoms with E-state index in [2.05, 4.69) is 0 Å². The summed E-state index contributed by atoms with van der Waals surface area (Å²) in [5, 5.41) is 0. The van der Waals surface area contributed by atoms with Crippen LogP contribution in [0.15, 0.2) is 65.7 Å². The van der Waals surface area contributed by atoms with Gasteiger partial charge in [-0.2, -0.15) is 0 Å². The first-order valence-electron chi connectivity index (χ1n) is 7.30. The van der Waals surface area contributed by atoms with Crippen molar-refractivity contribution >= 4 is 16.9 Å². The lowest BCUT2D eigenvalue weighted by Gasteiger charge is -2.10. The van der Waals surface area contributed by atoms with E-state index < -0.39 is 0 Å². The normalized spacial score (nSPS) is 14.8. The molecule has 2 aromatic rings. The Hall–Kier alpha value is -2.61. The lowest BCUT2D eigenvalue weighted by atomic mass is 9.96. The molecule has 2 aromatic carbocycles. The van der Waals surface area contributed by atoms with Crippen LogP contribution in [0.3, 0.4) is 0 Å². The van der Waals surface area contributed by atoms with Gasteiger partial charge < -0.3 is 4.74 Å². The zero-order valence-corrected chi connectivity index (χ0v) is 13.0. The van der Waals surface area contributed by atoms with Crippen molar-refractivity contribution in [2.24, 2.45) is 0 Å². The van der Waals surface area contributed by atoms with Crippen molar-refractivity contribution in [1.82, 2.24) is 0 Å². The average Bonchev–Trinajstić information content (AvgIpc) is 2.78. The van der Waals surface area contributed by atoms with Crippen LogP contribution < -0.4 is 4.74 Å². The van der Waals surface area contributed by atoms with E-state index in [4.69, 9.17) is 4.74 Å². The molecule has 2 heteroatoms. The van der Waals surface area contributed by atoms with Crippen molar-refractivity contribution in [2.45, 2.75) is 13.8 Å². The van der Waals surface area contributed by atoms with Crippen LogP contribution in [-0.4, -0.2) is 12.9 Å². The van der Waals surface area contributed by atoms with Crippen LogP contribution in [0.25, 0.3) is 11.1 Å². The average molecular weight is 290 g/mol. The minimum absolute atomic E-state index is 0.0747. The van der Waals surface area contributed by atoms with Gasteiger partial charge in [0.2, 0.25) is 0 Å². The van der Waals surface area contributed by atoms with E-state index in [0.717, 1.165) is 39.2 Å². The molecule has 110 valence electrons. The lowest BCUT2D eigenvalue weighted by Crippen LogP contribution is -2.03. The van der Waals surface area contributed by atoms with Crippen LogP contribution in [0.1, 0.15) is 25.0 Å². The van der Waals surface area contributed by atoms with Crippen LogP contribution in [0.4, 0.5) is 0 Å². The number of benzene rings is 2. The van der Waals surface area contributed by atoms with Crippen molar-refractivity contribution < 1.29 is 9.53 Å². The van der Waals surface area contributed by atoms with Gasteiger partial charge in [-0.1, -0.05) is 48.5 Å². The smallest absolute Gasteiger partial charge is 0.194 e. The zero-order valence-electron chi connectivity index (χ0n) is 13.0. The van der Waals surface area contributed by atoms with Gasteiger partial charge in [0.1, 0.15) is 5.75 Å². The summed E-state index contributed by atoms with van der Waals surface area (Å²) < 4.78 is 5.43. The van der Waals surface area contributed by atoms with Crippen molar-refractivity contribution in [3.63, 3.8) is 0 Å². The second kappa shape index (κ2) is 5.64. The van der Waals surface area contributed by atoms with E-state index in [1.165, 1.54) is 0 Å². The lowest BCUT2D eigenvalue weighted by molar-refractivity contribution is -0.108. The highest BCUT2D eigenvalue weighted by atomic mass is 16.5. The molecular formula is C20H18O2. The number of carbonyl (C=O) groups excluding carboxylic acids is 1. The second-order valence-corrected chi connectivity index (χ2v) is 5.40. The Bertz CT molecular complexity index is 795. The van der Waals surface area contributed by atoms with Crippen LogP contribution in [0, 0.1) is 0 Å². The van der Waals surface area contributed by atoms with Crippen molar-refractivity contribution in [3.05, 3.63) is 76.9 Å². The molecule has 0 N–H and O–H groups in total. The third kappa shape index (κ3) is 2.17. The van der Waals surface area contributed by atoms with Gasteiger partial charge in [-0.05, 0) is 36.6 Å². The third-order valence-corrected chi connectivity index (χ3v) is 4.21. The molecule has 0 heterocycles. The minimum atomic E-state index is 0.0747. The number of rotatable bonds is 3.